The van der Waals surface area contributed by atoms with Crippen LogP contribution in [0.3, 0.4) is 0 Å². The Hall–Kier alpha value is -3.29. The summed E-state index contributed by atoms with van der Waals surface area (Å²) in [6, 6.07) is 5.73. The van der Waals surface area contributed by atoms with Crippen molar-refractivity contribution in [3.8, 4) is 0 Å². The molecule has 1 aromatic carbocycles. The van der Waals surface area contributed by atoms with E-state index in [1.807, 2.05) is 0 Å². The van der Waals surface area contributed by atoms with E-state index in [9.17, 15) is 18.7 Å². The van der Waals surface area contributed by atoms with Gasteiger partial charge in [0.2, 0.25) is 11.6 Å². The Balaban J connectivity index is 1.87. The fraction of sp³-hybridized carbons (Fsp3) is 0.0625. The Kier molecular flexibility index (Phi) is 4.19. The van der Waals surface area contributed by atoms with Crippen LogP contribution in [0, 0.1) is 11.8 Å². The molecule has 0 bridgehead atoms. The van der Waals surface area contributed by atoms with Gasteiger partial charge >= 0.3 is 0 Å². The van der Waals surface area contributed by atoms with Gasteiger partial charge in [-0.2, -0.15) is 9.49 Å². The molecular weight excluding hydrogens is 320 g/mol. The van der Waals surface area contributed by atoms with Gasteiger partial charge in [0.1, 0.15) is 12.1 Å². The zero-order chi connectivity index (χ0) is 17.1. The number of carbonyl (C=O) groups is 1. The van der Waals surface area contributed by atoms with E-state index in [2.05, 4.69) is 15.2 Å². The first-order valence-electron chi connectivity index (χ1n) is 6.86. The summed E-state index contributed by atoms with van der Waals surface area (Å²) in [5, 5.41) is 15.8. The van der Waals surface area contributed by atoms with Gasteiger partial charge in [-0.1, -0.05) is 12.1 Å². The number of halogens is 2. The summed E-state index contributed by atoms with van der Waals surface area (Å²) in [7, 11) is 0. The minimum absolute atomic E-state index is 0.0736. The lowest BCUT2D eigenvalue weighted by Gasteiger charge is -2.01. The number of aromatic amines is 1. The van der Waals surface area contributed by atoms with Crippen LogP contribution in [0.15, 0.2) is 47.2 Å². The number of hydrogen-bond donors (Lipinski definition) is 2. The third-order valence-electron chi connectivity index (χ3n) is 3.22. The van der Waals surface area contributed by atoms with E-state index >= 15 is 0 Å². The number of allylic oxidation sites excluding steroid dienone is 1. The number of hydrogen-bond acceptors (Lipinski definition) is 5. The van der Waals surface area contributed by atoms with Crippen molar-refractivity contribution >= 4 is 11.5 Å². The van der Waals surface area contributed by atoms with Gasteiger partial charge in [-0.05, 0) is 17.7 Å². The molecule has 0 spiro atoms. The number of carbonyl (C=O) groups excluding carboxylic acids is 1. The van der Waals surface area contributed by atoms with Crippen LogP contribution in [0.5, 0.6) is 0 Å². The first kappa shape index (κ1) is 15.6. The first-order valence-corrected chi connectivity index (χ1v) is 6.86. The van der Waals surface area contributed by atoms with E-state index in [0.717, 1.165) is 12.1 Å². The van der Waals surface area contributed by atoms with Crippen LogP contribution in [0.2, 0.25) is 0 Å². The summed E-state index contributed by atoms with van der Waals surface area (Å²) < 4.78 is 31.2. The standard InChI is InChI=1S/C16H11F2N3O3/c17-11-3-1-9(2-4-11)5-10-6-14(18)24-15(10)12(22)7-13(23)16-19-8-20-21-16/h1-4,6-8,23H,5H2,(H,19,20,21). The molecule has 2 aromatic heterocycles. The Morgan fingerprint density at radius 2 is 2.04 bits per heavy atom. The molecule has 0 saturated carbocycles. The highest BCUT2D eigenvalue weighted by Crippen LogP contribution is 2.21. The lowest BCUT2D eigenvalue weighted by atomic mass is 10.0. The van der Waals surface area contributed by atoms with Crippen LogP contribution in [0.4, 0.5) is 8.78 Å². The molecule has 0 fully saturated rings. The maximum absolute atomic E-state index is 13.4. The molecule has 0 aliphatic carbocycles. The average molecular weight is 331 g/mol. The number of rotatable bonds is 5. The van der Waals surface area contributed by atoms with E-state index < -0.39 is 23.4 Å². The lowest BCUT2D eigenvalue weighted by Crippen LogP contribution is -2.00. The fourth-order valence-electron chi connectivity index (χ4n) is 2.14. The molecule has 8 heteroatoms. The van der Waals surface area contributed by atoms with Crippen LogP contribution < -0.4 is 0 Å². The summed E-state index contributed by atoms with van der Waals surface area (Å²) in [6.45, 7) is 0. The second kappa shape index (κ2) is 6.45. The monoisotopic (exact) mass is 331 g/mol. The summed E-state index contributed by atoms with van der Waals surface area (Å²) in [5.74, 6) is -1.94. The highest BCUT2D eigenvalue weighted by molar-refractivity contribution is 6.06. The molecule has 122 valence electrons. The number of benzene rings is 1. The molecule has 3 rings (SSSR count). The molecule has 24 heavy (non-hydrogen) atoms. The van der Waals surface area contributed by atoms with E-state index in [1.54, 1.807) is 0 Å². The highest BCUT2D eigenvalue weighted by atomic mass is 19.1. The van der Waals surface area contributed by atoms with Crippen molar-refractivity contribution in [3.05, 3.63) is 77.3 Å². The third kappa shape index (κ3) is 3.37. The van der Waals surface area contributed by atoms with Crippen molar-refractivity contribution in [2.45, 2.75) is 6.42 Å². The number of aliphatic hydroxyl groups is 1. The normalized spacial score (nSPS) is 11.7. The minimum Gasteiger partial charge on any atom is -0.504 e. The molecule has 6 nitrogen and oxygen atoms in total. The Labute approximate surface area is 134 Å². The topological polar surface area (TPSA) is 92.0 Å². The van der Waals surface area contributed by atoms with E-state index in [4.69, 9.17) is 4.42 Å². The van der Waals surface area contributed by atoms with Gasteiger partial charge < -0.3 is 9.52 Å². The largest absolute Gasteiger partial charge is 0.504 e. The number of nitrogens with one attached hydrogen (secondary N) is 1. The third-order valence-corrected chi connectivity index (χ3v) is 3.22. The van der Waals surface area contributed by atoms with Crippen molar-refractivity contribution in [1.82, 2.24) is 15.2 Å². The van der Waals surface area contributed by atoms with Gasteiger partial charge in [-0.3, -0.25) is 9.89 Å². The maximum Gasteiger partial charge on any atom is 0.278 e. The quantitative estimate of drug-likeness (QED) is 0.426. The van der Waals surface area contributed by atoms with Crippen LogP contribution in [-0.2, 0) is 6.42 Å². The minimum atomic E-state index is -0.929. The zero-order valence-electron chi connectivity index (χ0n) is 12.2. The number of nitrogens with zero attached hydrogens (tertiary/aromatic N) is 2. The van der Waals surface area contributed by atoms with Crippen LogP contribution in [0.25, 0.3) is 5.76 Å². The number of H-pyrrole nitrogens is 1. The maximum atomic E-state index is 13.4. The van der Waals surface area contributed by atoms with Gasteiger partial charge in [0, 0.05) is 24.1 Å². The van der Waals surface area contributed by atoms with Crippen LogP contribution in [0.1, 0.15) is 27.5 Å². The Bertz CT molecular complexity index is 884. The summed E-state index contributed by atoms with van der Waals surface area (Å²) in [4.78, 5) is 15.9. The van der Waals surface area contributed by atoms with E-state index in [1.165, 1.54) is 30.6 Å². The molecule has 0 radical (unpaired) electrons. The zero-order valence-corrected chi connectivity index (χ0v) is 12.2. The van der Waals surface area contributed by atoms with Crippen molar-refractivity contribution in [2.75, 3.05) is 0 Å². The van der Waals surface area contributed by atoms with Crippen LogP contribution in [-0.4, -0.2) is 26.1 Å². The molecule has 2 heterocycles. The van der Waals surface area contributed by atoms with Gasteiger partial charge in [0.15, 0.2) is 11.5 Å². The van der Waals surface area contributed by atoms with Crippen molar-refractivity contribution in [1.29, 1.82) is 0 Å². The second-order valence-electron chi connectivity index (χ2n) is 4.92. The summed E-state index contributed by atoms with van der Waals surface area (Å²) in [6.07, 6.45) is 2.25. The molecule has 0 saturated heterocycles. The van der Waals surface area contributed by atoms with Crippen molar-refractivity contribution < 1.29 is 23.1 Å². The predicted octanol–water partition coefficient (Wildman–Crippen LogP) is 3.05. The van der Waals surface area contributed by atoms with Crippen LogP contribution >= 0.6 is 0 Å². The van der Waals surface area contributed by atoms with Crippen molar-refractivity contribution in [2.24, 2.45) is 0 Å². The number of ketones is 1. The molecule has 2 N–H and O–H groups in total. The Morgan fingerprint density at radius 3 is 2.71 bits per heavy atom. The highest BCUT2D eigenvalue weighted by Gasteiger charge is 2.19. The summed E-state index contributed by atoms with van der Waals surface area (Å²) in [5.41, 5.74) is 0.955. The molecule has 0 aliphatic rings. The van der Waals surface area contributed by atoms with Gasteiger partial charge in [0.05, 0.1) is 0 Å². The SMILES string of the molecule is O=C(C=C(O)c1nc[nH]n1)c1oc(F)cc1Cc1ccc(F)cc1. The predicted molar refractivity (Wildman–Crippen MR) is 79.2 cm³/mol. The molecule has 0 unspecified atom stereocenters. The van der Waals surface area contributed by atoms with Crippen molar-refractivity contribution in [3.63, 3.8) is 0 Å². The number of furan rings is 1. The Morgan fingerprint density at radius 1 is 1.29 bits per heavy atom. The molecule has 3 aromatic rings. The molecule has 0 amide bonds. The van der Waals surface area contributed by atoms with Gasteiger partial charge in [0.25, 0.3) is 6.01 Å². The molecule has 0 aliphatic heterocycles. The average Bonchev–Trinajstić information content (AvgIpc) is 3.19. The summed E-state index contributed by atoms with van der Waals surface area (Å²) >= 11 is 0. The fourth-order valence-corrected chi connectivity index (χ4v) is 2.14. The van der Waals surface area contributed by atoms with Gasteiger partial charge in [-0.25, -0.2) is 9.37 Å². The number of aliphatic hydroxyl groups excluding tert-OH is 1. The van der Waals surface area contributed by atoms with E-state index in [0.29, 0.717) is 5.56 Å². The first-order chi connectivity index (χ1) is 11.5. The second-order valence-corrected chi connectivity index (χ2v) is 4.92. The van der Waals surface area contributed by atoms with E-state index in [-0.39, 0.29) is 23.6 Å². The number of aromatic nitrogens is 3. The molecule has 0 atom stereocenters. The smallest absolute Gasteiger partial charge is 0.278 e. The lowest BCUT2D eigenvalue weighted by molar-refractivity contribution is 0.101. The van der Waals surface area contributed by atoms with Gasteiger partial charge in [-0.15, -0.1) is 0 Å². The molecular formula is C16H11F2N3O3.